The number of fused-ring (bicyclic) bond motifs is 1. The molecule has 1 aromatic heterocycles. The molecule has 2 aromatic rings. The summed E-state index contributed by atoms with van der Waals surface area (Å²) in [6.07, 6.45) is 0. The minimum Gasteiger partial charge on any atom is -0.481 e. The number of thiazole rings is 1. The van der Waals surface area contributed by atoms with E-state index in [-0.39, 0.29) is 12.5 Å². The zero-order valence-electron chi connectivity index (χ0n) is 13.4. The molecular formula is C16H15ClN2O4S. The smallest absolute Gasteiger partial charge is 0.350 e. The first-order valence-electron chi connectivity index (χ1n) is 7.30. The van der Waals surface area contributed by atoms with Gasteiger partial charge in [-0.15, -0.1) is 11.3 Å². The Hall–Kier alpha value is -2.12. The first-order chi connectivity index (χ1) is 11.4. The lowest BCUT2D eigenvalue weighted by molar-refractivity contribution is -0.120. The molecule has 126 valence electrons. The van der Waals surface area contributed by atoms with Crippen LogP contribution in [0, 0.1) is 6.92 Å². The largest absolute Gasteiger partial charge is 0.481 e. The lowest BCUT2D eigenvalue weighted by Crippen LogP contribution is -2.35. The highest BCUT2D eigenvalue weighted by molar-refractivity contribution is 7.17. The maximum Gasteiger partial charge on any atom is 0.350 e. The fraction of sp³-hybridized carbons (Fsp3) is 0.312. The van der Waals surface area contributed by atoms with E-state index >= 15 is 0 Å². The second-order valence-electron chi connectivity index (χ2n) is 5.20. The van der Waals surface area contributed by atoms with Crippen molar-refractivity contribution < 1.29 is 19.1 Å². The first-order valence-corrected chi connectivity index (χ1v) is 8.49. The average molecular weight is 367 g/mol. The Morgan fingerprint density at radius 1 is 1.50 bits per heavy atom. The van der Waals surface area contributed by atoms with Gasteiger partial charge in [0.05, 0.1) is 23.6 Å². The summed E-state index contributed by atoms with van der Waals surface area (Å²) >= 11 is 7.41. The highest BCUT2D eigenvalue weighted by Crippen LogP contribution is 2.44. The number of hydrogen-bond donors (Lipinski definition) is 0. The Kier molecular flexibility index (Phi) is 4.47. The Morgan fingerprint density at radius 3 is 2.96 bits per heavy atom. The van der Waals surface area contributed by atoms with Crippen LogP contribution in [0.15, 0.2) is 12.1 Å². The summed E-state index contributed by atoms with van der Waals surface area (Å²) in [4.78, 5) is 30.2. The van der Waals surface area contributed by atoms with E-state index in [1.807, 2.05) is 0 Å². The maximum absolute atomic E-state index is 12.0. The van der Waals surface area contributed by atoms with Crippen molar-refractivity contribution in [2.75, 3.05) is 25.2 Å². The monoisotopic (exact) mass is 366 g/mol. The number of halogens is 1. The SMILES string of the molecule is CCOC(=O)c1sc(-c2cc(Cl)cc3c2OCC(=O)N3C)nc1C. The molecule has 0 radical (unpaired) electrons. The van der Waals surface area contributed by atoms with Crippen LogP contribution in [0.4, 0.5) is 5.69 Å². The molecule has 1 aliphatic heterocycles. The second kappa shape index (κ2) is 6.41. The third-order valence-corrected chi connectivity index (χ3v) is 4.99. The van der Waals surface area contributed by atoms with Gasteiger partial charge in [0.15, 0.2) is 12.4 Å². The Balaban J connectivity index is 2.11. The van der Waals surface area contributed by atoms with Gasteiger partial charge in [-0.2, -0.15) is 0 Å². The standard InChI is InChI=1S/C16H15ClN2O4S/c1-4-22-16(21)14-8(2)18-15(24-14)10-5-9(17)6-11-13(10)23-7-12(20)19(11)3/h5-6H,4,7H2,1-3H3. The molecule has 0 aliphatic carbocycles. The molecule has 1 aromatic carbocycles. The summed E-state index contributed by atoms with van der Waals surface area (Å²) in [5.74, 6) is -0.0215. The number of nitrogens with zero attached hydrogens (tertiary/aromatic N) is 2. The molecule has 0 unspecified atom stereocenters. The van der Waals surface area contributed by atoms with Crippen molar-refractivity contribution in [3.05, 3.63) is 27.7 Å². The first kappa shape index (κ1) is 16.7. The molecule has 0 bridgehead atoms. The van der Waals surface area contributed by atoms with Gasteiger partial charge in [-0.05, 0) is 26.0 Å². The van der Waals surface area contributed by atoms with Gasteiger partial charge >= 0.3 is 5.97 Å². The van der Waals surface area contributed by atoms with E-state index < -0.39 is 5.97 Å². The molecule has 24 heavy (non-hydrogen) atoms. The Bertz CT molecular complexity index is 834. The molecule has 0 N–H and O–H groups in total. The minimum atomic E-state index is -0.400. The number of anilines is 1. The number of hydrogen-bond acceptors (Lipinski definition) is 6. The van der Waals surface area contributed by atoms with E-state index in [9.17, 15) is 9.59 Å². The topological polar surface area (TPSA) is 68.7 Å². The number of carbonyl (C=O) groups is 2. The van der Waals surface area contributed by atoms with Crippen LogP contribution in [-0.4, -0.2) is 37.1 Å². The summed E-state index contributed by atoms with van der Waals surface area (Å²) in [5, 5.41) is 1.05. The molecule has 0 saturated heterocycles. The summed E-state index contributed by atoms with van der Waals surface area (Å²) in [6.45, 7) is 3.75. The van der Waals surface area contributed by atoms with Crippen LogP contribution in [0.3, 0.4) is 0 Å². The Morgan fingerprint density at radius 2 is 2.25 bits per heavy atom. The van der Waals surface area contributed by atoms with Crippen LogP contribution in [0.2, 0.25) is 5.02 Å². The van der Waals surface area contributed by atoms with Gasteiger partial charge in [0, 0.05) is 12.1 Å². The molecule has 2 heterocycles. The van der Waals surface area contributed by atoms with Gasteiger partial charge in [-0.1, -0.05) is 11.6 Å². The van der Waals surface area contributed by atoms with Crippen molar-refractivity contribution >= 4 is 40.5 Å². The van der Waals surface area contributed by atoms with Gasteiger partial charge in [0.25, 0.3) is 5.91 Å². The zero-order chi connectivity index (χ0) is 17.4. The van der Waals surface area contributed by atoms with E-state index in [0.29, 0.717) is 44.2 Å². The van der Waals surface area contributed by atoms with E-state index in [1.165, 1.54) is 16.2 Å². The lowest BCUT2D eigenvalue weighted by atomic mass is 10.1. The van der Waals surface area contributed by atoms with E-state index in [2.05, 4.69) is 4.98 Å². The van der Waals surface area contributed by atoms with Gasteiger partial charge in [0.1, 0.15) is 9.88 Å². The van der Waals surface area contributed by atoms with Gasteiger partial charge in [-0.3, -0.25) is 4.79 Å². The number of rotatable bonds is 3. The van der Waals surface area contributed by atoms with Gasteiger partial charge in [-0.25, -0.2) is 9.78 Å². The summed E-state index contributed by atoms with van der Waals surface area (Å²) in [5.41, 5.74) is 1.82. The molecule has 6 nitrogen and oxygen atoms in total. The molecule has 1 amide bonds. The van der Waals surface area contributed by atoms with Crippen molar-refractivity contribution in [2.45, 2.75) is 13.8 Å². The number of aromatic nitrogens is 1. The zero-order valence-corrected chi connectivity index (χ0v) is 15.0. The highest BCUT2D eigenvalue weighted by atomic mass is 35.5. The molecule has 0 fully saturated rings. The normalized spacial score (nSPS) is 13.5. The van der Waals surface area contributed by atoms with E-state index in [1.54, 1.807) is 33.0 Å². The quantitative estimate of drug-likeness (QED) is 0.779. The van der Waals surface area contributed by atoms with E-state index in [0.717, 1.165) is 0 Å². The molecule has 8 heteroatoms. The molecular weight excluding hydrogens is 352 g/mol. The predicted molar refractivity (Wildman–Crippen MR) is 92.2 cm³/mol. The van der Waals surface area contributed by atoms with Crippen LogP contribution in [0.5, 0.6) is 5.75 Å². The van der Waals surface area contributed by atoms with Crippen LogP contribution < -0.4 is 9.64 Å². The fourth-order valence-corrected chi connectivity index (χ4v) is 3.59. The molecule has 1 aliphatic rings. The minimum absolute atomic E-state index is 0.0484. The number of aryl methyl sites for hydroxylation is 1. The van der Waals surface area contributed by atoms with Crippen molar-refractivity contribution in [3.8, 4) is 16.3 Å². The van der Waals surface area contributed by atoms with E-state index in [4.69, 9.17) is 21.1 Å². The summed E-state index contributed by atoms with van der Waals surface area (Å²) < 4.78 is 10.7. The molecule has 0 atom stereocenters. The van der Waals surface area contributed by atoms with Crippen LogP contribution in [-0.2, 0) is 9.53 Å². The number of likely N-dealkylation sites (N-methyl/N-ethyl adjacent to an activating group) is 1. The third kappa shape index (κ3) is 2.85. The van der Waals surface area contributed by atoms with Crippen LogP contribution >= 0.6 is 22.9 Å². The second-order valence-corrected chi connectivity index (χ2v) is 6.63. The van der Waals surface area contributed by atoms with Crippen LogP contribution in [0.1, 0.15) is 22.3 Å². The fourth-order valence-electron chi connectivity index (χ4n) is 2.40. The number of carbonyl (C=O) groups excluding carboxylic acids is 2. The van der Waals surface area contributed by atoms with Crippen molar-refractivity contribution in [2.24, 2.45) is 0 Å². The number of benzene rings is 1. The van der Waals surface area contributed by atoms with Crippen LogP contribution in [0.25, 0.3) is 10.6 Å². The number of amides is 1. The van der Waals surface area contributed by atoms with Gasteiger partial charge in [0.2, 0.25) is 0 Å². The average Bonchev–Trinajstić information content (AvgIpc) is 2.93. The molecule has 3 rings (SSSR count). The molecule has 0 spiro atoms. The van der Waals surface area contributed by atoms with Crippen molar-refractivity contribution in [1.29, 1.82) is 0 Å². The summed E-state index contributed by atoms with van der Waals surface area (Å²) in [6, 6.07) is 3.39. The lowest BCUT2D eigenvalue weighted by Gasteiger charge is -2.27. The number of ether oxygens (including phenoxy) is 2. The number of esters is 1. The maximum atomic E-state index is 12.0. The molecule has 0 saturated carbocycles. The summed E-state index contributed by atoms with van der Waals surface area (Å²) in [7, 11) is 1.67. The van der Waals surface area contributed by atoms with Crippen molar-refractivity contribution in [3.63, 3.8) is 0 Å². The highest BCUT2D eigenvalue weighted by Gasteiger charge is 2.28. The third-order valence-electron chi connectivity index (χ3n) is 3.60. The van der Waals surface area contributed by atoms with Crippen molar-refractivity contribution in [1.82, 2.24) is 4.98 Å². The Labute approximate surface area is 148 Å². The van der Waals surface area contributed by atoms with Gasteiger partial charge < -0.3 is 14.4 Å². The predicted octanol–water partition coefficient (Wildman–Crippen LogP) is 3.30.